The maximum Gasteiger partial charge on any atom is 0.326 e. The fourth-order valence-electron chi connectivity index (χ4n) is 3.01. The Morgan fingerprint density at radius 1 is 1.35 bits per heavy atom. The standard InChI is InChI=1S/C18H19Cl2N3O3/c1-9-13(8-16(24)21-17(18(25)26)11-3-4-11)10(2)23(22-9)15-6-5-12(19)7-14(15)20/h5-7,11,17H,3-4,8H2,1-2H3,(H,21,24)(H,25,26). The van der Waals surface area contributed by atoms with Gasteiger partial charge in [-0.05, 0) is 50.8 Å². The highest BCUT2D eigenvalue weighted by atomic mass is 35.5. The topological polar surface area (TPSA) is 84.2 Å². The lowest BCUT2D eigenvalue weighted by Gasteiger charge is -2.13. The van der Waals surface area contributed by atoms with Crippen LogP contribution in [0.2, 0.25) is 10.0 Å². The number of benzene rings is 1. The number of carboxylic acid groups (broad SMARTS) is 1. The highest BCUT2D eigenvalue weighted by molar-refractivity contribution is 6.35. The van der Waals surface area contributed by atoms with Crippen LogP contribution in [0.15, 0.2) is 18.2 Å². The number of aryl methyl sites for hydroxylation is 1. The lowest BCUT2D eigenvalue weighted by Crippen LogP contribution is -2.43. The number of rotatable bonds is 6. The molecule has 1 aliphatic rings. The fourth-order valence-corrected chi connectivity index (χ4v) is 3.50. The molecular weight excluding hydrogens is 377 g/mol. The van der Waals surface area contributed by atoms with Crippen molar-refractivity contribution in [3.8, 4) is 5.69 Å². The van der Waals surface area contributed by atoms with Gasteiger partial charge in [0.15, 0.2) is 0 Å². The van der Waals surface area contributed by atoms with Gasteiger partial charge in [0.05, 0.1) is 22.8 Å². The summed E-state index contributed by atoms with van der Waals surface area (Å²) in [4.78, 5) is 23.7. The van der Waals surface area contributed by atoms with Crippen molar-refractivity contribution in [2.24, 2.45) is 5.92 Å². The van der Waals surface area contributed by atoms with Crippen LogP contribution in [0, 0.1) is 19.8 Å². The molecule has 0 spiro atoms. The van der Waals surface area contributed by atoms with E-state index < -0.39 is 12.0 Å². The molecular formula is C18H19Cl2N3O3. The molecule has 0 aliphatic heterocycles. The zero-order chi connectivity index (χ0) is 19.0. The Morgan fingerprint density at radius 2 is 2.04 bits per heavy atom. The average Bonchev–Trinajstić information content (AvgIpc) is 3.35. The van der Waals surface area contributed by atoms with Gasteiger partial charge in [-0.3, -0.25) is 4.79 Å². The molecule has 2 N–H and O–H groups in total. The highest BCUT2D eigenvalue weighted by Crippen LogP contribution is 2.33. The Bertz CT molecular complexity index is 875. The second-order valence-corrected chi connectivity index (χ2v) is 7.40. The Labute approximate surface area is 161 Å². The number of hydrogen-bond donors (Lipinski definition) is 2. The van der Waals surface area contributed by atoms with Crippen molar-refractivity contribution >= 4 is 35.1 Å². The van der Waals surface area contributed by atoms with E-state index in [9.17, 15) is 14.7 Å². The van der Waals surface area contributed by atoms with Crippen LogP contribution in [-0.4, -0.2) is 32.8 Å². The Kier molecular flexibility index (Phi) is 5.25. The molecule has 26 heavy (non-hydrogen) atoms. The van der Waals surface area contributed by atoms with Gasteiger partial charge in [-0.15, -0.1) is 0 Å². The number of hydrogen-bond acceptors (Lipinski definition) is 3. The Hall–Kier alpha value is -2.05. The van der Waals surface area contributed by atoms with E-state index in [1.807, 2.05) is 13.8 Å². The van der Waals surface area contributed by atoms with Gasteiger partial charge in [0.2, 0.25) is 5.91 Å². The minimum atomic E-state index is -0.988. The summed E-state index contributed by atoms with van der Waals surface area (Å²) in [6.45, 7) is 3.66. The molecule has 1 saturated carbocycles. The molecule has 0 saturated heterocycles. The number of carboxylic acids is 1. The number of nitrogens with one attached hydrogen (secondary N) is 1. The predicted octanol–water partition coefficient (Wildman–Crippen LogP) is 3.32. The molecule has 1 amide bonds. The van der Waals surface area contributed by atoms with Gasteiger partial charge in [-0.25, -0.2) is 9.48 Å². The summed E-state index contributed by atoms with van der Waals surface area (Å²) in [5, 5.41) is 17.4. The third-order valence-electron chi connectivity index (χ3n) is 4.59. The van der Waals surface area contributed by atoms with Crippen molar-refractivity contribution in [1.82, 2.24) is 15.1 Å². The summed E-state index contributed by atoms with van der Waals surface area (Å²) < 4.78 is 1.67. The van der Waals surface area contributed by atoms with E-state index in [2.05, 4.69) is 10.4 Å². The number of aromatic nitrogens is 2. The molecule has 0 bridgehead atoms. The smallest absolute Gasteiger partial charge is 0.326 e. The SMILES string of the molecule is Cc1nn(-c2ccc(Cl)cc2Cl)c(C)c1CC(=O)NC(C(=O)O)C1CC1. The van der Waals surface area contributed by atoms with E-state index in [1.165, 1.54) is 0 Å². The van der Waals surface area contributed by atoms with Gasteiger partial charge in [0.1, 0.15) is 6.04 Å². The molecule has 2 aromatic rings. The van der Waals surface area contributed by atoms with E-state index >= 15 is 0 Å². The molecule has 8 heteroatoms. The first kappa shape index (κ1) is 18.7. The summed E-state index contributed by atoms with van der Waals surface area (Å²) in [7, 11) is 0. The molecule has 3 rings (SSSR count). The second-order valence-electron chi connectivity index (χ2n) is 6.55. The Balaban J connectivity index is 1.81. The summed E-state index contributed by atoms with van der Waals surface area (Å²) in [5.41, 5.74) is 2.90. The minimum Gasteiger partial charge on any atom is -0.480 e. The van der Waals surface area contributed by atoms with Crippen LogP contribution in [-0.2, 0) is 16.0 Å². The first-order chi connectivity index (χ1) is 12.3. The molecule has 1 aromatic carbocycles. The third-order valence-corrected chi connectivity index (χ3v) is 5.13. The van der Waals surface area contributed by atoms with Crippen molar-refractivity contribution in [2.45, 2.75) is 39.2 Å². The molecule has 1 atom stereocenters. The van der Waals surface area contributed by atoms with Crippen LogP contribution in [0.4, 0.5) is 0 Å². The van der Waals surface area contributed by atoms with E-state index in [1.54, 1.807) is 22.9 Å². The van der Waals surface area contributed by atoms with Crippen LogP contribution in [0.1, 0.15) is 29.8 Å². The zero-order valence-corrected chi connectivity index (χ0v) is 15.9. The van der Waals surface area contributed by atoms with Gasteiger partial charge in [-0.2, -0.15) is 5.10 Å². The first-order valence-corrected chi connectivity index (χ1v) is 9.06. The lowest BCUT2D eigenvalue weighted by atomic mass is 10.1. The maximum atomic E-state index is 12.4. The molecule has 1 fully saturated rings. The van der Waals surface area contributed by atoms with E-state index in [4.69, 9.17) is 23.2 Å². The van der Waals surface area contributed by atoms with Crippen LogP contribution in [0.25, 0.3) is 5.69 Å². The minimum absolute atomic E-state index is 0.0363. The molecule has 0 radical (unpaired) electrons. The van der Waals surface area contributed by atoms with Gasteiger partial charge < -0.3 is 10.4 Å². The number of aliphatic carboxylic acids is 1. The predicted molar refractivity (Wildman–Crippen MR) is 99.1 cm³/mol. The molecule has 1 unspecified atom stereocenters. The molecule has 1 aromatic heterocycles. The van der Waals surface area contributed by atoms with Gasteiger partial charge >= 0.3 is 5.97 Å². The van der Waals surface area contributed by atoms with Crippen LogP contribution in [0.5, 0.6) is 0 Å². The van der Waals surface area contributed by atoms with E-state index in [0.29, 0.717) is 21.4 Å². The summed E-state index contributed by atoms with van der Waals surface area (Å²) in [6, 6.07) is 4.30. The van der Waals surface area contributed by atoms with Crippen molar-refractivity contribution in [1.29, 1.82) is 0 Å². The number of carbonyl (C=O) groups excluding carboxylic acids is 1. The number of amides is 1. The summed E-state index contributed by atoms with van der Waals surface area (Å²) >= 11 is 12.2. The maximum absolute atomic E-state index is 12.4. The normalized spacial score (nSPS) is 14.9. The summed E-state index contributed by atoms with van der Waals surface area (Å²) in [6.07, 6.45) is 1.74. The monoisotopic (exact) mass is 395 g/mol. The average molecular weight is 396 g/mol. The van der Waals surface area contributed by atoms with Crippen LogP contribution >= 0.6 is 23.2 Å². The van der Waals surface area contributed by atoms with Crippen molar-refractivity contribution in [3.05, 3.63) is 45.2 Å². The highest BCUT2D eigenvalue weighted by Gasteiger charge is 2.37. The Morgan fingerprint density at radius 3 is 2.62 bits per heavy atom. The van der Waals surface area contributed by atoms with Gasteiger partial charge in [0.25, 0.3) is 0 Å². The fraction of sp³-hybridized carbons (Fsp3) is 0.389. The molecule has 1 heterocycles. The zero-order valence-electron chi connectivity index (χ0n) is 14.4. The second kappa shape index (κ2) is 7.29. The first-order valence-electron chi connectivity index (χ1n) is 8.30. The number of halogens is 2. The quantitative estimate of drug-likeness (QED) is 0.785. The number of nitrogens with zero attached hydrogens (tertiary/aromatic N) is 2. The molecule has 6 nitrogen and oxygen atoms in total. The third kappa shape index (κ3) is 3.86. The van der Waals surface area contributed by atoms with Crippen LogP contribution < -0.4 is 5.32 Å². The molecule has 138 valence electrons. The van der Waals surface area contributed by atoms with Crippen molar-refractivity contribution in [3.63, 3.8) is 0 Å². The summed E-state index contributed by atoms with van der Waals surface area (Å²) in [5.74, 6) is -1.27. The largest absolute Gasteiger partial charge is 0.480 e. The van der Waals surface area contributed by atoms with Crippen molar-refractivity contribution < 1.29 is 14.7 Å². The number of carbonyl (C=O) groups is 2. The van der Waals surface area contributed by atoms with Crippen molar-refractivity contribution in [2.75, 3.05) is 0 Å². The van der Waals surface area contributed by atoms with Gasteiger partial charge in [0, 0.05) is 16.3 Å². The van der Waals surface area contributed by atoms with Crippen LogP contribution in [0.3, 0.4) is 0 Å². The van der Waals surface area contributed by atoms with E-state index in [-0.39, 0.29) is 18.2 Å². The van der Waals surface area contributed by atoms with Gasteiger partial charge in [-0.1, -0.05) is 23.2 Å². The molecule has 1 aliphatic carbocycles. The lowest BCUT2D eigenvalue weighted by molar-refractivity contribution is -0.142. The van der Waals surface area contributed by atoms with E-state index in [0.717, 1.165) is 24.1 Å².